The van der Waals surface area contributed by atoms with E-state index in [2.05, 4.69) is 56.0 Å². The van der Waals surface area contributed by atoms with Gasteiger partial charge in [0.2, 0.25) is 0 Å². The minimum Gasteiger partial charge on any atom is -0.364 e. The number of hydrogen-bond donors (Lipinski definition) is 1. The molecule has 0 amide bonds. The number of thiophene rings is 1. The minimum absolute atomic E-state index is 0.455. The molecule has 32 heavy (non-hydrogen) atoms. The number of aryl methyl sites for hydroxylation is 1. The lowest BCUT2D eigenvalue weighted by molar-refractivity contribution is 0.591. The molecule has 2 aliphatic heterocycles. The molecule has 6 heteroatoms. The second-order valence-corrected chi connectivity index (χ2v) is 12.7. The molecule has 1 atom stereocenters. The molecule has 3 heterocycles. The van der Waals surface area contributed by atoms with E-state index in [1.807, 2.05) is 36.4 Å². The second-order valence-electron chi connectivity index (χ2n) is 7.93. The molecule has 162 valence electrons. The van der Waals surface area contributed by atoms with Gasteiger partial charge in [-0.2, -0.15) is 0 Å². The van der Waals surface area contributed by atoms with Crippen LogP contribution in [0.3, 0.4) is 0 Å². The van der Waals surface area contributed by atoms with E-state index in [1.165, 1.54) is 17.3 Å². The van der Waals surface area contributed by atoms with Gasteiger partial charge < -0.3 is 9.46 Å². The summed E-state index contributed by atoms with van der Waals surface area (Å²) in [5.41, 5.74) is 3.47. The largest absolute Gasteiger partial charge is 0.364 e. The molecular weight excluding hydrogens is 451 g/mol. The maximum Gasteiger partial charge on any atom is 0.173 e. The third-order valence-electron chi connectivity index (χ3n) is 6.15. The lowest BCUT2D eigenvalue weighted by Crippen LogP contribution is -2.23. The molecule has 2 aromatic carbocycles. The normalized spacial score (nSPS) is 19.6. The monoisotopic (exact) mass is 476 g/mol. The van der Waals surface area contributed by atoms with Crippen LogP contribution in [0.25, 0.3) is 5.57 Å². The highest BCUT2D eigenvalue weighted by Crippen LogP contribution is 2.66. The first-order valence-corrected chi connectivity index (χ1v) is 14.2. The predicted molar refractivity (Wildman–Crippen MR) is 142 cm³/mol. The van der Waals surface area contributed by atoms with Gasteiger partial charge in [0.05, 0.1) is 10.0 Å². The van der Waals surface area contributed by atoms with Gasteiger partial charge in [-0.25, -0.2) is 0 Å². The lowest BCUT2D eigenvalue weighted by Gasteiger charge is -2.29. The van der Waals surface area contributed by atoms with Crippen molar-refractivity contribution >= 4 is 56.5 Å². The third-order valence-corrected chi connectivity index (χ3v) is 11.7. The first-order chi connectivity index (χ1) is 15.5. The molecule has 0 bridgehead atoms. The molecule has 0 fully saturated rings. The zero-order valence-electron chi connectivity index (χ0n) is 18.4. The lowest BCUT2D eigenvalue weighted by atomic mass is 9.98. The topological polar surface area (TPSA) is 44.2 Å². The summed E-state index contributed by atoms with van der Waals surface area (Å²) >= 11 is 3.18. The van der Waals surface area contributed by atoms with Gasteiger partial charge in [-0.15, -0.1) is 11.3 Å². The van der Waals surface area contributed by atoms with Crippen molar-refractivity contribution in [2.45, 2.75) is 20.8 Å². The Morgan fingerprint density at radius 2 is 1.69 bits per heavy atom. The molecular formula is C26H25N2OPS2. The van der Waals surface area contributed by atoms with Crippen LogP contribution in [0.1, 0.15) is 29.9 Å². The molecule has 0 saturated carbocycles. The Labute approximate surface area is 197 Å². The van der Waals surface area contributed by atoms with Gasteiger partial charge in [0.25, 0.3) is 0 Å². The SMILES string of the molecule is CCN(CC)c1cc2c(s1)C(c1ccccc1C)=C1SC(=N)C=C1P2(=O)c1ccccc1. The molecule has 1 aromatic heterocycles. The van der Waals surface area contributed by atoms with Gasteiger partial charge in [-0.3, -0.25) is 5.41 Å². The number of allylic oxidation sites excluding steroid dienone is 1. The van der Waals surface area contributed by atoms with Crippen molar-refractivity contribution in [1.29, 1.82) is 5.41 Å². The number of anilines is 1. The van der Waals surface area contributed by atoms with Crippen molar-refractivity contribution in [3.05, 3.63) is 93.0 Å². The van der Waals surface area contributed by atoms with Crippen LogP contribution in [0.4, 0.5) is 5.00 Å². The Kier molecular flexibility index (Phi) is 5.53. The molecule has 0 radical (unpaired) electrons. The van der Waals surface area contributed by atoms with E-state index in [9.17, 15) is 0 Å². The zero-order chi connectivity index (χ0) is 22.5. The van der Waals surface area contributed by atoms with Crippen molar-refractivity contribution < 1.29 is 4.57 Å². The molecule has 5 rings (SSSR count). The average Bonchev–Trinajstić information content (AvgIpc) is 3.41. The standard InChI is InChI=1S/C26H25N2OPS2/c1-4-28(5-2)23-16-21-26(32-23)24(19-14-10-9-11-17(19)3)25-20(15-22(27)31-25)30(21,29)18-12-7-6-8-13-18/h6-16,27H,4-5H2,1-3H3. The predicted octanol–water partition coefficient (Wildman–Crippen LogP) is 6.60. The van der Waals surface area contributed by atoms with Crippen LogP contribution in [0.2, 0.25) is 0 Å². The van der Waals surface area contributed by atoms with Crippen molar-refractivity contribution in [1.82, 2.24) is 0 Å². The summed E-state index contributed by atoms with van der Waals surface area (Å²) in [7, 11) is -3.08. The summed E-state index contributed by atoms with van der Waals surface area (Å²) in [5, 5.41) is 12.6. The van der Waals surface area contributed by atoms with Crippen LogP contribution in [0.5, 0.6) is 0 Å². The number of nitrogens with one attached hydrogen (secondary N) is 1. The summed E-state index contributed by atoms with van der Waals surface area (Å²) < 4.78 is 15.1. The smallest absolute Gasteiger partial charge is 0.173 e. The fourth-order valence-corrected chi connectivity index (χ4v) is 10.7. The molecule has 1 N–H and O–H groups in total. The number of rotatable bonds is 5. The fraction of sp³-hybridized carbons (Fsp3) is 0.192. The van der Waals surface area contributed by atoms with E-state index in [-0.39, 0.29) is 0 Å². The summed E-state index contributed by atoms with van der Waals surface area (Å²) in [5.74, 6) is 0. The van der Waals surface area contributed by atoms with Crippen molar-refractivity contribution in [3.63, 3.8) is 0 Å². The Balaban J connectivity index is 1.88. The van der Waals surface area contributed by atoms with E-state index in [0.717, 1.165) is 54.9 Å². The number of fused-ring (bicyclic) bond motifs is 2. The van der Waals surface area contributed by atoms with E-state index in [4.69, 9.17) is 5.41 Å². The molecule has 2 aliphatic rings. The van der Waals surface area contributed by atoms with Crippen molar-refractivity contribution in [3.8, 4) is 0 Å². The summed E-state index contributed by atoms with van der Waals surface area (Å²) in [6.07, 6.45) is 1.84. The highest BCUT2D eigenvalue weighted by molar-refractivity contribution is 8.19. The zero-order valence-corrected chi connectivity index (χ0v) is 20.9. The van der Waals surface area contributed by atoms with Crippen LogP contribution >= 0.6 is 30.2 Å². The van der Waals surface area contributed by atoms with Crippen molar-refractivity contribution in [2.75, 3.05) is 18.0 Å². The van der Waals surface area contributed by atoms with Gasteiger partial charge in [-0.1, -0.05) is 66.4 Å². The Morgan fingerprint density at radius 1 is 1.00 bits per heavy atom. The van der Waals surface area contributed by atoms with Crippen molar-refractivity contribution in [2.24, 2.45) is 0 Å². The molecule has 0 saturated heterocycles. The van der Waals surface area contributed by atoms with E-state index in [1.54, 1.807) is 11.3 Å². The minimum atomic E-state index is -3.08. The quantitative estimate of drug-likeness (QED) is 0.422. The first-order valence-electron chi connectivity index (χ1n) is 10.8. The van der Waals surface area contributed by atoms with Crippen LogP contribution in [0, 0.1) is 12.3 Å². The van der Waals surface area contributed by atoms with Gasteiger partial charge in [0.1, 0.15) is 0 Å². The molecule has 3 aromatic rings. The first kappa shape index (κ1) is 21.5. The third kappa shape index (κ3) is 3.18. The molecule has 1 unspecified atom stereocenters. The summed E-state index contributed by atoms with van der Waals surface area (Å²) in [6, 6.07) is 20.4. The Bertz CT molecular complexity index is 1330. The van der Waals surface area contributed by atoms with Crippen LogP contribution in [0.15, 0.2) is 77.0 Å². The summed E-state index contributed by atoms with van der Waals surface area (Å²) in [4.78, 5) is 4.40. The highest BCUT2D eigenvalue weighted by atomic mass is 32.2. The van der Waals surface area contributed by atoms with E-state index >= 15 is 4.57 Å². The molecule has 0 aliphatic carbocycles. The number of benzene rings is 2. The maximum atomic E-state index is 15.1. The van der Waals surface area contributed by atoms with Crippen LogP contribution in [-0.2, 0) is 4.57 Å². The fourth-order valence-electron chi connectivity index (χ4n) is 4.51. The van der Waals surface area contributed by atoms with E-state index < -0.39 is 7.14 Å². The number of hydrogen-bond acceptors (Lipinski definition) is 5. The van der Waals surface area contributed by atoms with Gasteiger partial charge in [0.15, 0.2) is 7.14 Å². The summed E-state index contributed by atoms with van der Waals surface area (Å²) in [6.45, 7) is 8.26. The molecule has 0 spiro atoms. The van der Waals surface area contributed by atoms with Gasteiger partial charge in [0, 0.05) is 44.4 Å². The highest BCUT2D eigenvalue weighted by Gasteiger charge is 2.46. The van der Waals surface area contributed by atoms with Crippen LogP contribution in [-0.4, -0.2) is 18.1 Å². The number of nitrogens with zero attached hydrogens (tertiary/aromatic N) is 1. The van der Waals surface area contributed by atoms with Gasteiger partial charge >= 0.3 is 0 Å². The maximum absolute atomic E-state index is 15.1. The van der Waals surface area contributed by atoms with E-state index in [0.29, 0.717) is 5.04 Å². The Hall–Kier alpha value is -2.33. The Morgan fingerprint density at radius 3 is 2.38 bits per heavy atom. The molecule has 3 nitrogen and oxygen atoms in total. The number of thioether (sulfide) groups is 1. The second kappa shape index (κ2) is 8.22. The van der Waals surface area contributed by atoms with Gasteiger partial charge in [-0.05, 0) is 44.0 Å². The van der Waals surface area contributed by atoms with Crippen LogP contribution < -0.4 is 15.5 Å². The average molecular weight is 477 g/mol.